The Morgan fingerprint density at radius 3 is 3.00 bits per heavy atom. The van der Waals surface area contributed by atoms with Crippen LogP contribution in [0.4, 0.5) is 0 Å². The number of aromatic nitrogens is 2. The van der Waals surface area contributed by atoms with E-state index in [-0.39, 0.29) is 0 Å². The quantitative estimate of drug-likeness (QED) is 0.555. The van der Waals surface area contributed by atoms with Crippen LogP contribution in [0.1, 0.15) is 12.5 Å². The van der Waals surface area contributed by atoms with Gasteiger partial charge < -0.3 is 10.5 Å². The molecule has 2 N–H and O–H groups in total. The number of carbonyl (C=O) groups is 1. The van der Waals surface area contributed by atoms with E-state index in [1.54, 1.807) is 31.0 Å². The fraction of sp³-hybridized carbons (Fsp3) is 0.333. The molecule has 0 atom stereocenters. The predicted molar refractivity (Wildman–Crippen MR) is 52.0 cm³/mol. The molecule has 0 spiro atoms. The summed E-state index contributed by atoms with van der Waals surface area (Å²) in [6, 6.07) is 0. The van der Waals surface area contributed by atoms with Crippen LogP contribution < -0.4 is 5.73 Å². The number of rotatable bonds is 3. The molecule has 0 aliphatic rings. The Kier molecular flexibility index (Phi) is 3.28. The molecule has 0 unspecified atom stereocenters. The highest BCUT2D eigenvalue weighted by Gasteiger charge is 2.02. The second-order valence-electron chi connectivity index (χ2n) is 2.75. The number of nitrogens with zero attached hydrogens (tertiary/aromatic N) is 2. The highest BCUT2D eigenvalue weighted by atomic mass is 16.5. The summed E-state index contributed by atoms with van der Waals surface area (Å²) >= 11 is 0. The summed E-state index contributed by atoms with van der Waals surface area (Å²) in [5, 5.41) is 3.93. The maximum Gasteiger partial charge on any atom is 0.332 e. The molecule has 0 saturated carbocycles. The maximum atomic E-state index is 11.0. The second-order valence-corrected chi connectivity index (χ2v) is 2.75. The average Bonchev–Trinajstić information content (AvgIpc) is 2.52. The van der Waals surface area contributed by atoms with E-state index in [1.807, 2.05) is 0 Å². The lowest BCUT2D eigenvalue weighted by atomic mass is 10.2. The van der Waals surface area contributed by atoms with Gasteiger partial charge in [0.2, 0.25) is 0 Å². The third kappa shape index (κ3) is 2.62. The maximum absolute atomic E-state index is 11.0. The van der Waals surface area contributed by atoms with E-state index >= 15 is 0 Å². The summed E-state index contributed by atoms with van der Waals surface area (Å²) in [7, 11) is 1.78. The highest BCUT2D eigenvalue weighted by molar-refractivity contribution is 5.90. The van der Waals surface area contributed by atoms with E-state index in [1.165, 1.54) is 6.08 Å². The minimum atomic E-state index is -0.436. The molecule has 76 valence electrons. The molecule has 0 bridgehead atoms. The van der Waals surface area contributed by atoms with Gasteiger partial charge in [0.1, 0.15) is 0 Å². The Balaban J connectivity index is 2.74. The van der Waals surface area contributed by atoms with Crippen molar-refractivity contribution < 1.29 is 9.53 Å². The minimum absolute atomic E-state index is 0.343. The summed E-state index contributed by atoms with van der Waals surface area (Å²) in [5.41, 5.74) is 6.71. The van der Waals surface area contributed by atoms with Gasteiger partial charge in [0.25, 0.3) is 0 Å². The van der Waals surface area contributed by atoms with Crippen molar-refractivity contribution in [2.45, 2.75) is 6.92 Å². The summed E-state index contributed by atoms with van der Waals surface area (Å²) in [6.45, 7) is 2.08. The molecular formula is C9H13N3O2. The largest absolute Gasteiger partial charge is 0.463 e. The van der Waals surface area contributed by atoms with Crippen LogP contribution in [0.5, 0.6) is 0 Å². The third-order valence-electron chi connectivity index (χ3n) is 1.60. The zero-order valence-corrected chi connectivity index (χ0v) is 8.23. The van der Waals surface area contributed by atoms with Gasteiger partial charge in [-0.2, -0.15) is 5.10 Å². The fourth-order valence-corrected chi connectivity index (χ4v) is 0.965. The molecule has 1 rings (SSSR count). The molecule has 0 aliphatic carbocycles. The number of esters is 1. The van der Waals surface area contributed by atoms with E-state index in [2.05, 4.69) is 5.10 Å². The number of hydrogen-bond donors (Lipinski definition) is 1. The summed E-state index contributed by atoms with van der Waals surface area (Å²) in [4.78, 5) is 11.0. The average molecular weight is 195 g/mol. The Morgan fingerprint density at radius 2 is 2.50 bits per heavy atom. The van der Waals surface area contributed by atoms with Gasteiger partial charge in [0.05, 0.1) is 12.8 Å². The molecule has 1 aromatic heterocycles. The lowest BCUT2D eigenvalue weighted by Crippen LogP contribution is -2.04. The normalized spacial score (nSPS) is 11.4. The van der Waals surface area contributed by atoms with Crippen molar-refractivity contribution in [3.63, 3.8) is 0 Å². The van der Waals surface area contributed by atoms with Crippen molar-refractivity contribution in [2.75, 3.05) is 6.61 Å². The summed E-state index contributed by atoms with van der Waals surface area (Å²) < 4.78 is 6.33. The third-order valence-corrected chi connectivity index (χ3v) is 1.60. The number of carbonyl (C=O) groups excluding carboxylic acids is 1. The Morgan fingerprint density at radius 1 is 1.79 bits per heavy atom. The Hall–Kier alpha value is -1.78. The van der Waals surface area contributed by atoms with Crippen LogP contribution in [0, 0.1) is 0 Å². The molecule has 1 heterocycles. The standard InChI is InChI=1S/C9H13N3O2/c1-3-14-9(13)4-8(10)7-5-11-12(2)6-7/h4-6H,3,10H2,1-2H3/b8-4-. The van der Waals surface area contributed by atoms with Crippen molar-refractivity contribution in [3.8, 4) is 0 Å². The first-order chi connectivity index (χ1) is 6.63. The lowest BCUT2D eigenvalue weighted by Gasteiger charge is -1.97. The van der Waals surface area contributed by atoms with Gasteiger partial charge >= 0.3 is 5.97 Å². The minimum Gasteiger partial charge on any atom is -0.463 e. The summed E-state index contributed by atoms with van der Waals surface area (Å²) in [6.07, 6.45) is 4.57. The molecule has 0 aromatic carbocycles. The second kappa shape index (κ2) is 4.45. The van der Waals surface area contributed by atoms with E-state index in [9.17, 15) is 4.79 Å². The number of ether oxygens (including phenoxy) is 1. The predicted octanol–water partition coefficient (Wildman–Crippen LogP) is 0.283. The molecule has 14 heavy (non-hydrogen) atoms. The lowest BCUT2D eigenvalue weighted by molar-refractivity contribution is -0.137. The van der Waals surface area contributed by atoms with Crippen LogP contribution in [0.25, 0.3) is 5.70 Å². The number of hydrogen-bond acceptors (Lipinski definition) is 4. The summed E-state index contributed by atoms with van der Waals surface area (Å²) in [5.74, 6) is -0.436. The molecular weight excluding hydrogens is 182 g/mol. The van der Waals surface area contributed by atoms with Crippen molar-refractivity contribution in [1.82, 2.24) is 9.78 Å². The van der Waals surface area contributed by atoms with E-state index in [4.69, 9.17) is 10.5 Å². The van der Waals surface area contributed by atoms with E-state index in [0.29, 0.717) is 17.9 Å². The first kappa shape index (κ1) is 10.3. The molecule has 0 aliphatic heterocycles. The fourth-order valence-electron chi connectivity index (χ4n) is 0.965. The van der Waals surface area contributed by atoms with Gasteiger partial charge in [-0.1, -0.05) is 0 Å². The first-order valence-corrected chi connectivity index (χ1v) is 4.26. The van der Waals surface area contributed by atoms with Crippen LogP contribution >= 0.6 is 0 Å². The zero-order chi connectivity index (χ0) is 10.6. The van der Waals surface area contributed by atoms with Gasteiger partial charge in [0, 0.05) is 30.6 Å². The smallest absolute Gasteiger partial charge is 0.332 e. The SMILES string of the molecule is CCOC(=O)/C=C(\N)c1cnn(C)c1. The van der Waals surface area contributed by atoms with E-state index < -0.39 is 5.97 Å². The van der Waals surface area contributed by atoms with Crippen LogP contribution in [-0.4, -0.2) is 22.4 Å². The molecule has 5 nitrogen and oxygen atoms in total. The highest BCUT2D eigenvalue weighted by Crippen LogP contribution is 2.06. The van der Waals surface area contributed by atoms with Gasteiger partial charge in [-0.05, 0) is 6.92 Å². The molecule has 0 radical (unpaired) electrons. The molecule has 0 saturated heterocycles. The van der Waals surface area contributed by atoms with Gasteiger partial charge in [-0.15, -0.1) is 0 Å². The van der Waals surface area contributed by atoms with Crippen LogP contribution in [0.2, 0.25) is 0 Å². The van der Waals surface area contributed by atoms with Gasteiger partial charge in [-0.25, -0.2) is 4.79 Å². The van der Waals surface area contributed by atoms with Crippen LogP contribution in [0.15, 0.2) is 18.5 Å². The molecule has 5 heteroatoms. The molecule has 0 fully saturated rings. The van der Waals surface area contributed by atoms with Crippen molar-refractivity contribution in [2.24, 2.45) is 12.8 Å². The number of aryl methyl sites for hydroxylation is 1. The van der Waals surface area contributed by atoms with E-state index in [0.717, 1.165) is 0 Å². The zero-order valence-electron chi connectivity index (χ0n) is 8.23. The molecule has 1 aromatic rings. The Bertz CT molecular complexity index is 355. The van der Waals surface area contributed by atoms with Crippen molar-refractivity contribution in [1.29, 1.82) is 0 Å². The van der Waals surface area contributed by atoms with Crippen molar-refractivity contribution in [3.05, 3.63) is 24.0 Å². The van der Waals surface area contributed by atoms with Gasteiger partial charge in [0.15, 0.2) is 0 Å². The van der Waals surface area contributed by atoms with Crippen LogP contribution in [0.3, 0.4) is 0 Å². The van der Waals surface area contributed by atoms with Gasteiger partial charge in [-0.3, -0.25) is 4.68 Å². The van der Waals surface area contributed by atoms with Crippen molar-refractivity contribution >= 4 is 11.7 Å². The molecule has 0 amide bonds. The first-order valence-electron chi connectivity index (χ1n) is 4.26. The number of nitrogens with two attached hydrogens (primary N) is 1. The Labute approximate surface area is 82.2 Å². The van der Waals surface area contributed by atoms with Crippen LogP contribution in [-0.2, 0) is 16.6 Å². The monoisotopic (exact) mass is 195 g/mol. The topological polar surface area (TPSA) is 70.1 Å².